The van der Waals surface area contributed by atoms with Crippen molar-refractivity contribution in [3.05, 3.63) is 76.2 Å². The predicted octanol–water partition coefficient (Wildman–Crippen LogP) is 4.66. The maximum atomic E-state index is 12.2. The summed E-state index contributed by atoms with van der Waals surface area (Å²) in [7, 11) is 0. The van der Waals surface area contributed by atoms with Crippen molar-refractivity contribution in [3.8, 4) is 0 Å². The van der Waals surface area contributed by atoms with Crippen LogP contribution in [0.3, 0.4) is 0 Å². The zero-order valence-corrected chi connectivity index (χ0v) is 16.6. The molecule has 0 radical (unpaired) electrons. The lowest BCUT2D eigenvalue weighted by atomic mass is 10.00. The first kappa shape index (κ1) is 12.1. The number of carbonyl (C=O) groups excluding carboxylic acids is 1. The molecular formula is C23H27N3O2S. The third kappa shape index (κ3) is 6.69. The molecule has 1 amide bonds. The van der Waals surface area contributed by atoms with Gasteiger partial charge in [-0.25, -0.2) is 4.98 Å². The second-order valence-corrected chi connectivity index (χ2v) is 7.12. The van der Waals surface area contributed by atoms with Crippen LogP contribution in [0, 0.1) is 6.92 Å². The number of hydrogen-bond donors (Lipinski definition) is 3. The number of benzene rings is 2. The zero-order chi connectivity index (χ0) is 28.6. The Bertz CT molecular complexity index is 1320. The quantitative estimate of drug-likeness (QED) is 0.471. The van der Waals surface area contributed by atoms with Gasteiger partial charge in [0.2, 0.25) is 5.91 Å². The Balaban J connectivity index is 1.74. The number of nitrogens with zero attached hydrogens (tertiary/aromatic N) is 1. The molecule has 0 unspecified atom stereocenters. The summed E-state index contributed by atoms with van der Waals surface area (Å²) in [6, 6.07) is 3.48. The molecule has 4 N–H and O–H groups in total. The van der Waals surface area contributed by atoms with Crippen LogP contribution >= 0.6 is 11.3 Å². The molecule has 0 aliphatic heterocycles. The molecule has 0 aliphatic rings. The summed E-state index contributed by atoms with van der Waals surface area (Å²) >= 11 is 1.21. The SMILES string of the molecule is [2H]c1c([2H])c(C)c([2H])c([C@@]([2H])(O)CCC([2H])([2H])C([2H])([2H])c2ccc(NC(=O)Cc3csc(N)n3)cc2)c1[2H]. The molecule has 0 saturated heterocycles. The summed E-state index contributed by atoms with van der Waals surface area (Å²) in [6.07, 6.45) is -9.12. The van der Waals surface area contributed by atoms with Crippen LogP contribution < -0.4 is 11.1 Å². The Morgan fingerprint density at radius 3 is 2.93 bits per heavy atom. The van der Waals surface area contributed by atoms with Gasteiger partial charge < -0.3 is 16.2 Å². The van der Waals surface area contributed by atoms with Crippen molar-refractivity contribution < 1.29 is 22.2 Å². The van der Waals surface area contributed by atoms with E-state index in [0.29, 0.717) is 16.5 Å². The summed E-state index contributed by atoms with van der Waals surface area (Å²) in [5.74, 6) is -0.358. The van der Waals surface area contributed by atoms with Gasteiger partial charge in [-0.05, 0) is 49.4 Å². The molecule has 6 heteroatoms. The Hall–Kier alpha value is -2.70. The van der Waals surface area contributed by atoms with Gasteiger partial charge in [0.25, 0.3) is 0 Å². The van der Waals surface area contributed by atoms with Crippen LogP contribution in [-0.4, -0.2) is 16.0 Å². The van der Waals surface area contributed by atoms with Crippen LogP contribution in [0.4, 0.5) is 10.8 Å². The Morgan fingerprint density at radius 1 is 1.41 bits per heavy atom. The smallest absolute Gasteiger partial charge is 0.230 e. The van der Waals surface area contributed by atoms with Crippen LogP contribution in [-0.2, 0) is 17.6 Å². The largest absolute Gasteiger partial charge is 0.388 e. The van der Waals surface area contributed by atoms with Crippen LogP contribution in [0.2, 0.25) is 0 Å². The molecule has 0 aliphatic carbocycles. The summed E-state index contributed by atoms with van der Waals surface area (Å²) in [5.41, 5.74) is 5.89. The fraction of sp³-hybridized carbons (Fsp3) is 0.304. The average molecular weight is 419 g/mol. The molecule has 1 heterocycles. The van der Waals surface area contributed by atoms with Crippen molar-refractivity contribution in [1.29, 1.82) is 0 Å². The summed E-state index contributed by atoms with van der Waals surface area (Å²) in [6.45, 7) is 1.36. The van der Waals surface area contributed by atoms with Gasteiger partial charge in [-0.3, -0.25) is 4.79 Å². The van der Waals surface area contributed by atoms with E-state index in [9.17, 15) is 9.90 Å². The molecule has 5 nitrogen and oxygen atoms in total. The number of nitrogens with two attached hydrogens (primary N) is 1. The van der Waals surface area contributed by atoms with Crippen molar-refractivity contribution in [3.63, 3.8) is 0 Å². The first-order valence-electron chi connectivity index (χ1n) is 13.4. The highest BCUT2D eigenvalue weighted by atomic mass is 32.1. The van der Waals surface area contributed by atoms with Gasteiger partial charge in [-0.15, -0.1) is 11.3 Å². The molecule has 0 saturated carbocycles. The lowest BCUT2D eigenvalue weighted by molar-refractivity contribution is -0.115. The van der Waals surface area contributed by atoms with E-state index in [-0.39, 0.29) is 29.5 Å². The number of aliphatic hydroxyl groups is 1. The molecule has 1 atom stereocenters. The number of nitrogen functional groups attached to an aromatic ring is 1. The van der Waals surface area contributed by atoms with E-state index < -0.39 is 55.4 Å². The number of aromatic nitrogens is 1. The van der Waals surface area contributed by atoms with Gasteiger partial charge in [0, 0.05) is 16.6 Å². The molecule has 1 aromatic heterocycles. The molecule has 3 rings (SSSR count). The maximum absolute atomic E-state index is 12.2. The van der Waals surface area contributed by atoms with Crippen molar-refractivity contribution in [2.24, 2.45) is 0 Å². The van der Waals surface area contributed by atoms with Crippen molar-refractivity contribution in [2.45, 2.75) is 45.0 Å². The highest BCUT2D eigenvalue weighted by molar-refractivity contribution is 7.13. The van der Waals surface area contributed by atoms with E-state index >= 15 is 0 Å². The van der Waals surface area contributed by atoms with E-state index in [0.717, 1.165) is 0 Å². The molecule has 3 aromatic rings. The van der Waals surface area contributed by atoms with Gasteiger partial charge in [-0.2, -0.15) is 0 Å². The first-order valence-corrected chi connectivity index (χ1v) is 9.76. The number of hydrogen-bond acceptors (Lipinski definition) is 5. The molecule has 2 aromatic carbocycles. The van der Waals surface area contributed by atoms with E-state index in [1.54, 1.807) is 5.38 Å². The molecule has 0 fully saturated rings. The Morgan fingerprint density at radius 2 is 2.21 bits per heavy atom. The van der Waals surface area contributed by atoms with Crippen molar-refractivity contribution in [2.75, 3.05) is 11.1 Å². The first-order chi connectivity index (χ1) is 17.5. The van der Waals surface area contributed by atoms with Gasteiger partial charge >= 0.3 is 0 Å². The second kappa shape index (κ2) is 10.2. The van der Waals surface area contributed by atoms with Gasteiger partial charge in [0.05, 0.1) is 25.0 Å². The van der Waals surface area contributed by atoms with Gasteiger partial charge in [-0.1, -0.05) is 48.3 Å². The number of thiazole rings is 1. The maximum Gasteiger partial charge on any atom is 0.230 e. The minimum Gasteiger partial charge on any atom is -0.388 e. The van der Waals surface area contributed by atoms with Crippen molar-refractivity contribution in [1.82, 2.24) is 4.98 Å². The normalized spacial score (nSPS) is 18.5. The topological polar surface area (TPSA) is 88.2 Å². The van der Waals surface area contributed by atoms with Crippen LogP contribution in [0.5, 0.6) is 0 Å². The van der Waals surface area contributed by atoms with E-state index in [2.05, 4.69) is 10.3 Å². The number of amides is 1. The third-order valence-electron chi connectivity index (χ3n) is 3.84. The number of nitrogens with one attached hydrogen (secondary N) is 1. The third-order valence-corrected chi connectivity index (χ3v) is 4.56. The molecular weight excluding hydrogens is 382 g/mol. The number of rotatable bonds is 9. The van der Waals surface area contributed by atoms with Crippen molar-refractivity contribution >= 4 is 28.1 Å². The summed E-state index contributed by atoms with van der Waals surface area (Å²) in [5, 5.41) is 15.4. The summed E-state index contributed by atoms with van der Waals surface area (Å²) in [4.78, 5) is 16.2. The van der Waals surface area contributed by atoms with Gasteiger partial charge in [0.15, 0.2) is 5.13 Å². The fourth-order valence-electron chi connectivity index (χ4n) is 2.46. The van der Waals surface area contributed by atoms with E-state index in [1.807, 2.05) is 0 Å². The lowest BCUT2D eigenvalue weighted by Gasteiger charge is -2.11. The van der Waals surface area contributed by atoms with Crippen LogP contribution in [0.15, 0.2) is 53.8 Å². The zero-order valence-electron chi connectivity index (χ0n) is 24.8. The Kier molecular flexibility index (Phi) is 4.25. The second-order valence-electron chi connectivity index (χ2n) is 6.23. The average Bonchev–Trinajstić information content (AvgIpc) is 3.24. The summed E-state index contributed by atoms with van der Waals surface area (Å²) < 4.78 is 73.8. The van der Waals surface area contributed by atoms with Crippen LogP contribution in [0.25, 0.3) is 0 Å². The minimum atomic E-state index is -2.65. The van der Waals surface area contributed by atoms with Crippen LogP contribution in [0.1, 0.15) is 60.0 Å². The fourth-order valence-corrected chi connectivity index (χ4v) is 3.03. The van der Waals surface area contributed by atoms with E-state index in [1.165, 1.54) is 42.5 Å². The molecule has 29 heavy (non-hydrogen) atoms. The molecule has 0 spiro atoms. The van der Waals surface area contributed by atoms with E-state index in [4.69, 9.17) is 18.1 Å². The predicted molar refractivity (Wildman–Crippen MR) is 119 cm³/mol. The number of aryl methyl sites for hydroxylation is 1. The standard InChI is InChI=1S/C23H27N3O2S/c1-16-5-4-7-18(13-16)21(27)8-3-2-6-17-9-11-19(12-10-17)25-22(28)14-20-15-29-23(24)26-20/h4-5,7,9-13,15,21,27H,2-3,6,8,14H2,1H3,(H2,24,26)(H,25,28)/t21-/m0/s1/i2D2,4D,5D,6D2,7D,13D,21D. The van der Waals surface area contributed by atoms with Gasteiger partial charge in [0.1, 0.15) is 0 Å². The number of anilines is 2. The lowest BCUT2D eigenvalue weighted by Crippen LogP contribution is -2.14. The highest BCUT2D eigenvalue weighted by Gasteiger charge is 2.08. The minimum absolute atomic E-state index is 0.000682. The molecule has 0 bridgehead atoms. The number of carbonyl (C=O) groups is 1. The highest BCUT2D eigenvalue weighted by Crippen LogP contribution is 2.21. The Labute approximate surface area is 188 Å². The monoisotopic (exact) mass is 418 g/mol. The molecule has 152 valence electrons.